The molecule has 86 valence electrons. The summed E-state index contributed by atoms with van der Waals surface area (Å²) in [5.41, 5.74) is 1.33. The second-order valence-electron chi connectivity index (χ2n) is 4.41. The van der Waals surface area contributed by atoms with Gasteiger partial charge >= 0.3 is 5.97 Å². The van der Waals surface area contributed by atoms with Gasteiger partial charge in [0.2, 0.25) is 0 Å². The number of benzene rings is 1. The van der Waals surface area contributed by atoms with Crippen molar-refractivity contribution in [3.63, 3.8) is 0 Å². The van der Waals surface area contributed by atoms with Crippen LogP contribution in [0.5, 0.6) is 0 Å². The topological polar surface area (TPSA) is 37.3 Å². The molecule has 0 amide bonds. The Balaban J connectivity index is 2.05. The molecule has 1 saturated carbocycles. The molecule has 1 N–H and O–H groups in total. The van der Waals surface area contributed by atoms with Crippen LogP contribution in [0.25, 0.3) is 0 Å². The number of carboxylic acid groups (broad SMARTS) is 1. The van der Waals surface area contributed by atoms with Gasteiger partial charge in [-0.25, -0.2) is 0 Å². The lowest BCUT2D eigenvalue weighted by molar-refractivity contribution is -0.142. The molecule has 2 nitrogen and oxygen atoms in total. The first-order chi connectivity index (χ1) is 7.68. The summed E-state index contributed by atoms with van der Waals surface area (Å²) in [4.78, 5) is 10.9. The molecule has 1 aliphatic carbocycles. The van der Waals surface area contributed by atoms with Gasteiger partial charge in [-0.05, 0) is 43.2 Å². The molecular formula is C13H15BrO2. The Morgan fingerprint density at radius 3 is 2.38 bits per heavy atom. The normalized spacial score (nSPS) is 25.3. The Hall–Kier alpha value is -0.830. The first-order valence-corrected chi connectivity index (χ1v) is 6.45. The van der Waals surface area contributed by atoms with Crippen LogP contribution in [0.15, 0.2) is 28.7 Å². The molecule has 0 saturated heterocycles. The summed E-state index contributed by atoms with van der Waals surface area (Å²) < 4.78 is 1.15. The third kappa shape index (κ3) is 2.46. The van der Waals surface area contributed by atoms with Crippen LogP contribution in [0.2, 0.25) is 0 Å². The number of rotatable bonds is 2. The van der Waals surface area contributed by atoms with E-state index in [9.17, 15) is 4.79 Å². The predicted octanol–water partition coefficient (Wildman–Crippen LogP) is 3.81. The van der Waals surface area contributed by atoms with Crippen LogP contribution in [0, 0.1) is 5.92 Å². The van der Waals surface area contributed by atoms with Gasteiger partial charge in [0.1, 0.15) is 0 Å². The van der Waals surface area contributed by atoms with Crippen molar-refractivity contribution in [3.05, 3.63) is 34.3 Å². The Bertz CT molecular complexity index is 381. The lowest BCUT2D eigenvalue weighted by Crippen LogP contribution is -2.20. The highest BCUT2D eigenvalue weighted by molar-refractivity contribution is 9.10. The third-order valence-electron chi connectivity index (χ3n) is 3.42. The minimum absolute atomic E-state index is 0.126. The lowest BCUT2D eigenvalue weighted by Gasteiger charge is -2.27. The zero-order valence-corrected chi connectivity index (χ0v) is 10.6. The van der Waals surface area contributed by atoms with Crippen LogP contribution in [0.1, 0.15) is 37.2 Å². The van der Waals surface area contributed by atoms with E-state index in [0.717, 1.165) is 30.2 Å². The van der Waals surface area contributed by atoms with Gasteiger partial charge in [0, 0.05) is 4.47 Å². The molecule has 0 atom stereocenters. The van der Waals surface area contributed by atoms with Crippen LogP contribution >= 0.6 is 15.9 Å². The van der Waals surface area contributed by atoms with Crippen molar-refractivity contribution < 1.29 is 9.90 Å². The highest BCUT2D eigenvalue weighted by Crippen LogP contribution is 2.38. The molecule has 3 heteroatoms. The molecule has 0 bridgehead atoms. The van der Waals surface area contributed by atoms with Gasteiger partial charge in [-0.2, -0.15) is 0 Å². The Kier molecular flexibility index (Phi) is 3.64. The third-order valence-corrected chi connectivity index (χ3v) is 4.14. The van der Waals surface area contributed by atoms with Gasteiger partial charge in [0.15, 0.2) is 0 Å². The smallest absolute Gasteiger partial charge is 0.306 e. The lowest BCUT2D eigenvalue weighted by atomic mass is 9.79. The summed E-state index contributed by atoms with van der Waals surface area (Å²) in [7, 11) is 0. The fourth-order valence-electron chi connectivity index (χ4n) is 2.46. The average molecular weight is 283 g/mol. The van der Waals surface area contributed by atoms with Crippen molar-refractivity contribution in [3.8, 4) is 0 Å². The van der Waals surface area contributed by atoms with Gasteiger partial charge in [-0.3, -0.25) is 4.79 Å². The van der Waals surface area contributed by atoms with E-state index < -0.39 is 5.97 Å². The first-order valence-electron chi connectivity index (χ1n) is 5.65. The summed E-state index contributed by atoms with van der Waals surface area (Å²) in [6.45, 7) is 0. The maximum absolute atomic E-state index is 10.9. The molecule has 0 aliphatic heterocycles. The standard InChI is InChI=1S/C13H15BrO2/c14-12-4-2-1-3-11(12)9-5-7-10(8-6-9)13(15)16/h1-4,9-10H,5-8H2,(H,15,16). The molecule has 0 unspecified atom stereocenters. The molecule has 0 heterocycles. The second-order valence-corrected chi connectivity index (χ2v) is 5.26. The van der Waals surface area contributed by atoms with Crippen molar-refractivity contribution in [2.24, 2.45) is 5.92 Å². The van der Waals surface area contributed by atoms with Crippen molar-refractivity contribution in [1.82, 2.24) is 0 Å². The Morgan fingerprint density at radius 1 is 1.19 bits per heavy atom. The van der Waals surface area contributed by atoms with Gasteiger partial charge in [-0.1, -0.05) is 34.1 Å². The summed E-state index contributed by atoms with van der Waals surface area (Å²) in [6.07, 6.45) is 3.59. The fraction of sp³-hybridized carbons (Fsp3) is 0.462. The van der Waals surface area contributed by atoms with E-state index in [-0.39, 0.29) is 5.92 Å². The highest BCUT2D eigenvalue weighted by Gasteiger charge is 2.27. The number of hydrogen-bond donors (Lipinski definition) is 1. The van der Waals surface area contributed by atoms with Crippen molar-refractivity contribution in [2.75, 3.05) is 0 Å². The van der Waals surface area contributed by atoms with Crippen LogP contribution in [-0.2, 0) is 4.79 Å². The van der Waals surface area contributed by atoms with E-state index in [4.69, 9.17) is 5.11 Å². The van der Waals surface area contributed by atoms with Gasteiger partial charge < -0.3 is 5.11 Å². The van der Waals surface area contributed by atoms with Crippen LogP contribution < -0.4 is 0 Å². The van der Waals surface area contributed by atoms with Gasteiger partial charge in [0.05, 0.1) is 5.92 Å². The SMILES string of the molecule is O=C(O)C1CCC(c2ccccc2Br)CC1. The minimum atomic E-state index is -0.634. The molecule has 1 aliphatic rings. The number of hydrogen-bond acceptors (Lipinski definition) is 1. The largest absolute Gasteiger partial charge is 0.481 e. The van der Waals surface area contributed by atoms with Crippen LogP contribution in [-0.4, -0.2) is 11.1 Å². The maximum atomic E-state index is 10.9. The van der Waals surface area contributed by atoms with E-state index in [1.54, 1.807) is 0 Å². The van der Waals surface area contributed by atoms with Crippen molar-refractivity contribution >= 4 is 21.9 Å². The number of carbonyl (C=O) groups is 1. The Morgan fingerprint density at radius 2 is 1.81 bits per heavy atom. The highest BCUT2D eigenvalue weighted by atomic mass is 79.9. The second kappa shape index (κ2) is 5.00. The number of carboxylic acids is 1. The molecule has 2 rings (SSSR count). The zero-order chi connectivity index (χ0) is 11.5. The first kappa shape index (κ1) is 11.6. The molecule has 1 aromatic carbocycles. The molecule has 0 radical (unpaired) electrons. The molecule has 1 aromatic rings. The van der Waals surface area contributed by atoms with Gasteiger partial charge in [-0.15, -0.1) is 0 Å². The summed E-state index contributed by atoms with van der Waals surface area (Å²) in [5.74, 6) is -0.240. The zero-order valence-electron chi connectivity index (χ0n) is 9.03. The maximum Gasteiger partial charge on any atom is 0.306 e. The van der Waals surface area contributed by atoms with E-state index in [1.807, 2.05) is 12.1 Å². The van der Waals surface area contributed by atoms with E-state index in [1.165, 1.54) is 5.56 Å². The van der Waals surface area contributed by atoms with Crippen LogP contribution in [0.4, 0.5) is 0 Å². The summed E-state index contributed by atoms with van der Waals surface area (Å²) in [6, 6.07) is 8.24. The fourth-order valence-corrected chi connectivity index (χ4v) is 3.07. The molecule has 0 spiro atoms. The monoisotopic (exact) mass is 282 g/mol. The molecule has 16 heavy (non-hydrogen) atoms. The predicted molar refractivity (Wildman–Crippen MR) is 66.5 cm³/mol. The quantitative estimate of drug-likeness (QED) is 0.896. The number of aliphatic carboxylic acids is 1. The molecule has 1 fully saturated rings. The Labute approximate surface area is 104 Å². The van der Waals surface area contributed by atoms with E-state index in [2.05, 4.69) is 28.1 Å². The van der Waals surface area contributed by atoms with Crippen LogP contribution in [0.3, 0.4) is 0 Å². The summed E-state index contributed by atoms with van der Waals surface area (Å²) in [5, 5.41) is 8.94. The minimum Gasteiger partial charge on any atom is -0.481 e. The van der Waals surface area contributed by atoms with Crippen molar-refractivity contribution in [2.45, 2.75) is 31.6 Å². The summed E-state index contributed by atoms with van der Waals surface area (Å²) >= 11 is 3.56. The molecule has 0 aromatic heterocycles. The van der Waals surface area contributed by atoms with E-state index in [0.29, 0.717) is 5.92 Å². The van der Waals surface area contributed by atoms with Crippen molar-refractivity contribution in [1.29, 1.82) is 0 Å². The van der Waals surface area contributed by atoms with E-state index >= 15 is 0 Å². The molecular weight excluding hydrogens is 268 g/mol. The average Bonchev–Trinajstić information content (AvgIpc) is 2.30. The van der Waals surface area contributed by atoms with Gasteiger partial charge in [0.25, 0.3) is 0 Å². The number of halogens is 1.